The fraction of sp³-hybridized carbons (Fsp3) is 0.455. The van der Waals surface area contributed by atoms with Gasteiger partial charge in [-0.25, -0.2) is 4.39 Å². The van der Waals surface area contributed by atoms with Crippen LogP contribution < -0.4 is 10.5 Å². The van der Waals surface area contributed by atoms with Crippen molar-refractivity contribution in [2.75, 3.05) is 39.3 Å². The number of halogens is 2. The molecule has 96 valence electrons. The molecule has 0 atom stereocenters. The van der Waals surface area contributed by atoms with Crippen molar-refractivity contribution in [3.05, 3.63) is 23.0 Å². The zero-order valence-corrected chi connectivity index (χ0v) is 10.3. The van der Waals surface area contributed by atoms with Gasteiger partial charge in [-0.2, -0.15) is 0 Å². The predicted molar refractivity (Wildman–Crippen MR) is 64.0 cm³/mol. The summed E-state index contributed by atoms with van der Waals surface area (Å²) in [5.74, 6) is -0.209. The normalized spacial score (nSPS) is 10.5. The molecule has 4 nitrogen and oxygen atoms in total. The van der Waals surface area contributed by atoms with E-state index in [0.717, 1.165) is 6.07 Å². The highest BCUT2D eigenvalue weighted by Crippen LogP contribution is 2.28. The summed E-state index contributed by atoms with van der Waals surface area (Å²) in [6.45, 7) is 1.75. The predicted octanol–water partition coefficient (Wildman–Crippen LogP) is 2.10. The van der Waals surface area contributed by atoms with Crippen molar-refractivity contribution in [3.63, 3.8) is 0 Å². The first-order chi connectivity index (χ1) is 8.15. The van der Waals surface area contributed by atoms with Gasteiger partial charge in [0.25, 0.3) is 0 Å². The van der Waals surface area contributed by atoms with Crippen molar-refractivity contribution in [1.82, 2.24) is 0 Å². The Hall–Kier alpha value is -1.04. The number of ether oxygens (including phenoxy) is 3. The summed E-state index contributed by atoms with van der Waals surface area (Å²) in [5, 5.41) is -0.0190. The number of rotatable bonds is 7. The largest absolute Gasteiger partial charge is 0.489 e. The molecule has 0 aliphatic carbocycles. The second-order valence-electron chi connectivity index (χ2n) is 3.26. The van der Waals surface area contributed by atoms with Gasteiger partial charge in [-0.1, -0.05) is 11.6 Å². The molecule has 1 rings (SSSR count). The van der Waals surface area contributed by atoms with Gasteiger partial charge >= 0.3 is 0 Å². The molecule has 0 bridgehead atoms. The molecule has 0 saturated carbocycles. The Kier molecular flexibility index (Phi) is 6.04. The van der Waals surface area contributed by atoms with Crippen molar-refractivity contribution in [2.45, 2.75) is 0 Å². The van der Waals surface area contributed by atoms with Crippen LogP contribution in [0.15, 0.2) is 12.1 Å². The second-order valence-corrected chi connectivity index (χ2v) is 3.66. The van der Waals surface area contributed by atoms with E-state index in [2.05, 4.69) is 0 Å². The van der Waals surface area contributed by atoms with Crippen LogP contribution in [0, 0.1) is 5.82 Å². The maximum Gasteiger partial charge on any atom is 0.144 e. The zero-order chi connectivity index (χ0) is 12.7. The molecule has 1 aromatic rings. The van der Waals surface area contributed by atoms with Crippen LogP contribution in [-0.4, -0.2) is 33.5 Å². The molecule has 0 saturated heterocycles. The number of nitrogen functional groups attached to an aromatic ring is 1. The highest BCUT2D eigenvalue weighted by Gasteiger charge is 2.06. The van der Waals surface area contributed by atoms with Crippen molar-refractivity contribution in [3.8, 4) is 5.75 Å². The minimum absolute atomic E-state index is 0.0190. The molecule has 1 aromatic carbocycles. The maximum atomic E-state index is 13.0. The lowest BCUT2D eigenvalue weighted by atomic mass is 10.3. The van der Waals surface area contributed by atoms with Crippen LogP contribution in [0.4, 0.5) is 10.1 Å². The number of hydrogen-bond donors (Lipinski definition) is 1. The molecule has 0 spiro atoms. The van der Waals surface area contributed by atoms with Gasteiger partial charge < -0.3 is 19.9 Å². The van der Waals surface area contributed by atoms with E-state index in [-0.39, 0.29) is 10.7 Å². The number of hydrogen-bond acceptors (Lipinski definition) is 4. The van der Waals surface area contributed by atoms with Gasteiger partial charge in [-0.05, 0) is 0 Å². The highest BCUT2D eigenvalue weighted by molar-refractivity contribution is 6.31. The molecule has 17 heavy (non-hydrogen) atoms. The minimum Gasteiger partial charge on any atom is -0.489 e. The Morgan fingerprint density at radius 3 is 2.65 bits per heavy atom. The third-order valence-electron chi connectivity index (χ3n) is 1.97. The molecule has 0 aromatic heterocycles. The Labute approximate surface area is 104 Å². The van der Waals surface area contributed by atoms with Crippen LogP contribution in [0.3, 0.4) is 0 Å². The van der Waals surface area contributed by atoms with E-state index in [4.69, 9.17) is 31.5 Å². The number of methoxy groups -OCH3 is 1. The summed E-state index contributed by atoms with van der Waals surface area (Å²) in [6.07, 6.45) is 0. The van der Waals surface area contributed by atoms with E-state index in [0.29, 0.717) is 32.2 Å². The van der Waals surface area contributed by atoms with Crippen LogP contribution in [-0.2, 0) is 9.47 Å². The molecular formula is C11H15ClFNO3. The Morgan fingerprint density at radius 2 is 1.94 bits per heavy atom. The summed E-state index contributed by atoms with van der Waals surface area (Å²) in [6, 6.07) is 2.48. The van der Waals surface area contributed by atoms with Crippen LogP contribution >= 0.6 is 11.6 Å². The molecule has 0 radical (unpaired) electrons. The van der Waals surface area contributed by atoms with Crippen LogP contribution in [0.1, 0.15) is 0 Å². The van der Waals surface area contributed by atoms with Gasteiger partial charge in [-0.15, -0.1) is 0 Å². The van der Waals surface area contributed by atoms with E-state index in [1.165, 1.54) is 6.07 Å². The minimum atomic E-state index is -0.562. The summed E-state index contributed by atoms with van der Waals surface area (Å²) in [5.41, 5.74) is 5.78. The van der Waals surface area contributed by atoms with Crippen molar-refractivity contribution < 1.29 is 18.6 Å². The molecule has 0 fully saturated rings. The molecule has 2 N–H and O–H groups in total. The van der Waals surface area contributed by atoms with E-state index in [1.54, 1.807) is 7.11 Å². The summed E-state index contributed by atoms with van der Waals surface area (Å²) in [7, 11) is 1.60. The first-order valence-corrected chi connectivity index (χ1v) is 5.47. The Balaban J connectivity index is 2.34. The van der Waals surface area contributed by atoms with E-state index in [9.17, 15) is 4.39 Å². The number of nitrogens with two attached hydrogens (primary N) is 1. The quantitative estimate of drug-likeness (QED) is 0.605. The molecule has 0 aliphatic rings. The Bertz CT molecular complexity index is 363. The lowest BCUT2D eigenvalue weighted by molar-refractivity contribution is 0.0545. The molecular weight excluding hydrogens is 249 g/mol. The molecule has 0 amide bonds. The third-order valence-corrected chi connectivity index (χ3v) is 2.26. The van der Waals surface area contributed by atoms with Crippen LogP contribution in [0.25, 0.3) is 0 Å². The van der Waals surface area contributed by atoms with E-state index >= 15 is 0 Å². The fourth-order valence-electron chi connectivity index (χ4n) is 1.12. The van der Waals surface area contributed by atoms with Gasteiger partial charge in [0.1, 0.15) is 18.2 Å². The van der Waals surface area contributed by atoms with Crippen LogP contribution in [0.2, 0.25) is 5.02 Å². The first-order valence-electron chi connectivity index (χ1n) is 5.09. The van der Waals surface area contributed by atoms with Gasteiger partial charge in [0.2, 0.25) is 0 Å². The topological polar surface area (TPSA) is 53.7 Å². The first kappa shape index (κ1) is 14.0. The van der Waals surface area contributed by atoms with Crippen molar-refractivity contribution in [2.24, 2.45) is 0 Å². The summed E-state index contributed by atoms with van der Waals surface area (Å²) < 4.78 is 28.3. The standard InChI is InChI=1S/C11H15ClFNO3/c1-15-2-3-16-4-5-17-11-6-8(12)9(13)7-10(11)14/h6-7H,2-5,14H2,1H3. The zero-order valence-electron chi connectivity index (χ0n) is 9.54. The SMILES string of the molecule is COCCOCCOc1cc(Cl)c(F)cc1N. The maximum absolute atomic E-state index is 13.0. The van der Waals surface area contributed by atoms with Crippen molar-refractivity contribution in [1.29, 1.82) is 0 Å². The van der Waals surface area contributed by atoms with Gasteiger partial charge in [0, 0.05) is 19.2 Å². The van der Waals surface area contributed by atoms with Gasteiger partial charge in [-0.3, -0.25) is 0 Å². The van der Waals surface area contributed by atoms with Gasteiger partial charge in [0.05, 0.1) is 30.5 Å². The molecule has 6 heteroatoms. The smallest absolute Gasteiger partial charge is 0.144 e. The monoisotopic (exact) mass is 263 g/mol. The van der Waals surface area contributed by atoms with Crippen LogP contribution in [0.5, 0.6) is 5.75 Å². The van der Waals surface area contributed by atoms with E-state index in [1.807, 2.05) is 0 Å². The average molecular weight is 264 g/mol. The third kappa shape index (κ3) is 4.77. The fourth-order valence-corrected chi connectivity index (χ4v) is 1.28. The summed E-state index contributed by atoms with van der Waals surface area (Å²) >= 11 is 5.61. The summed E-state index contributed by atoms with van der Waals surface area (Å²) in [4.78, 5) is 0. The van der Waals surface area contributed by atoms with Crippen molar-refractivity contribution >= 4 is 17.3 Å². The lowest BCUT2D eigenvalue weighted by Crippen LogP contribution is -2.10. The van der Waals surface area contributed by atoms with E-state index < -0.39 is 5.82 Å². The van der Waals surface area contributed by atoms with Gasteiger partial charge in [0.15, 0.2) is 0 Å². The molecule has 0 heterocycles. The number of benzene rings is 1. The molecule has 0 aliphatic heterocycles. The second kappa shape index (κ2) is 7.32. The molecule has 0 unspecified atom stereocenters. The Morgan fingerprint density at radius 1 is 1.24 bits per heavy atom. The average Bonchev–Trinajstić information content (AvgIpc) is 2.30. The lowest BCUT2D eigenvalue weighted by Gasteiger charge is -2.10. The highest BCUT2D eigenvalue weighted by atomic mass is 35.5. The number of anilines is 1.